The monoisotopic (exact) mass is 450 g/mol. The van der Waals surface area contributed by atoms with Crippen molar-refractivity contribution in [1.82, 2.24) is 25.2 Å². The zero-order chi connectivity index (χ0) is 22.6. The van der Waals surface area contributed by atoms with Gasteiger partial charge in [0, 0.05) is 36.9 Å². The van der Waals surface area contributed by atoms with Crippen LogP contribution in [0.3, 0.4) is 0 Å². The van der Waals surface area contributed by atoms with Crippen LogP contribution >= 0.6 is 0 Å². The number of aromatic nitrogens is 3. The van der Waals surface area contributed by atoms with Crippen LogP contribution in [-0.4, -0.2) is 45.1 Å². The fraction of sp³-hybridized carbons (Fsp3) is 0.375. The molecule has 3 aromatic rings. The molecule has 0 unspecified atom stereocenters. The molecule has 1 fully saturated rings. The van der Waals surface area contributed by atoms with Gasteiger partial charge in [0.25, 0.3) is 0 Å². The minimum Gasteiger partial charge on any atom is -0.365 e. The summed E-state index contributed by atoms with van der Waals surface area (Å²) in [5, 5.41) is 14.6. The third-order valence-electron chi connectivity index (χ3n) is 6.26. The Balaban J connectivity index is 1.12. The minimum atomic E-state index is -0.364. The lowest BCUT2D eigenvalue weighted by Gasteiger charge is -2.32. The molecule has 3 heterocycles. The number of benzene rings is 2. The van der Waals surface area contributed by atoms with Crippen LogP contribution in [0.15, 0.2) is 54.6 Å². The summed E-state index contributed by atoms with van der Waals surface area (Å²) in [6, 6.07) is 16.1. The summed E-state index contributed by atoms with van der Waals surface area (Å²) in [6.45, 7) is 3.22. The molecule has 1 aromatic heterocycles. The minimum absolute atomic E-state index is 0.142. The van der Waals surface area contributed by atoms with Crippen molar-refractivity contribution in [3.8, 4) is 0 Å². The van der Waals surface area contributed by atoms with E-state index in [2.05, 4.69) is 25.8 Å². The van der Waals surface area contributed by atoms with Gasteiger partial charge in [-0.25, -0.2) is 13.9 Å². The second-order valence-electron chi connectivity index (χ2n) is 8.50. The number of rotatable bonds is 5. The third kappa shape index (κ3) is 5.04. The molecule has 5 rings (SSSR count). The predicted molar refractivity (Wildman–Crippen MR) is 121 cm³/mol. The normalized spacial score (nSPS) is 19.1. The molecule has 2 aliphatic heterocycles. The first-order valence-electron chi connectivity index (χ1n) is 11.3. The number of piperidine rings is 1. The summed E-state index contributed by atoms with van der Waals surface area (Å²) in [6.07, 6.45) is 1.38. The molecule has 9 heteroatoms. The maximum atomic E-state index is 14.1. The molecule has 0 spiro atoms. The van der Waals surface area contributed by atoms with Gasteiger partial charge in [0.15, 0.2) is 0 Å². The van der Waals surface area contributed by atoms with Crippen molar-refractivity contribution in [2.24, 2.45) is 0 Å². The molecule has 0 saturated carbocycles. The number of anilines is 1. The van der Waals surface area contributed by atoms with E-state index in [1.807, 2.05) is 41.1 Å². The van der Waals surface area contributed by atoms with E-state index < -0.39 is 0 Å². The number of carbonyl (C=O) groups excluding carboxylic acids is 1. The first-order chi connectivity index (χ1) is 16.2. The quantitative estimate of drug-likeness (QED) is 0.622. The Bertz CT molecular complexity index is 1100. The third-order valence-corrected chi connectivity index (χ3v) is 6.26. The van der Waals surface area contributed by atoms with Gasteiger partial charge in [-0.1, -0.05) is 41.6 Å². The molecule has 172 valence electrons. The molecule has 8 nitrogen and oxygen atoms in total. The van der Waals surface area contributed by atoms with Gasteiger partial charge in [-0.2, -0.15) is 0 Å². The standard InChI is InChI=1S/C24H27FN6O2/c25-20-9-5-4-8-19(20)23-15-31-22(16-33-23)21(28-29-31)14-30-12-10-18(11-13-30)27-24(32)26-17-6-2-1-3-7-17/h1-9,18,23H,10-16H2,(H2,26,27,32)/t23-/m1/s1. The van der Waals surface area contributed by atoms with Gasteiger partial charge in [-0.3, -0.25) is 4.90 Å². The molecule has 1 atom stereocenters. The van der Waals surface area contributed by atoms with Crippen molar-refractivity contribution in [3.05, 3.63) is 77.4 Å². The van der Waals surface area contributed by atoms with Crippen molar-refractivity contribution in [3.63, 3.8) is 0 Å². The number of nitrogens with one attached hydrogen (secondary N) is 2. The van der Waals surface area contributed by atoms with E-state index in [0.29, 0.717) is 25.3 Å². The highest BCUT2D eigenvalue weighted by molar-refractivity contribution is 5.89. The second-order valence-corrected chi connectivity index (χ2v) is 8.50. The number of halogens is 1. The Labute approximate surface area is 191 Å². The number of ether oxygens (including phenoxy) is 1. The highest BCUT2D eigenvalue weighted by Crippen LogP contribution is 2.29. The van der Waals surface area contributed by atoms with Gasteiger partial charge < -0.3 is 15.4 Å². The zero-order valence-electron chi connectivity index (χ0n) is 18.3. The van der Waals surface area contributed by atoms with Gasteiger partial charge in [0.05, 0.1) is 18.8 Å². The molecular formula is C24H27FN6O2. The number of urea groups is 1. The highest BCUT2D eigenvalue weighted by Gasteiger charge is 2.28. The molecule has 0 bridgehead atoms. The molecular weight excluding hydrogens is 423 g/mol. The average molecular weight is 451 g/mol. The van der Waals surface area contributed by atoms with Gasteiger partial charge >= 0.3 is 6.03 Å². The van der Waals surface area contributed by atoms with Gasteiger partial charge in [0.1, 0.15) is 17.6 Å². The van der Waals surface area contributed by atoms with Crippen LogP contribution in [0.5, 0.6) is 0 Å². The van der Waals surface area contributed by atoms with Crippen LogP contribution in [0.25, 0.3) is 0 Å². The predicted octanol–water partition coefficient (Wildman–Crippen LogP) is 3.47. The highest BCUT2D eigenvalue weighted by atomic mass is 19.1. The van der Waals surface area contributed by atoms with Gasteiger partial charge in [0.2, 0.25) is 0 Å². The van der Waals surface area contributed by atoms with Gasteiger partial charge in [-0.15, -0.1) is 5.10 Å². The Morgan fingerprint density at radius 3 is 2.64 bits per heavy atom. The second kappa shape index (κ2) is 9.68. The van der Waals surface area contributed by atoms with Crippen LogP contribution in [0, 0.1) is 5.82 Å². The summed E-state index contributed by atoms with van der Waals surface area (Å²) in [7, 11) is 0. The molecule has 1 saturated heterocycles. The van der Waals surface area contributed by atoms with E-state index in [-0.39, 0.29) is 24.0 Å². The summed E-state index contributed by atoms with van der Waals surface area (Å²) in [5.41, 5.74) is 3.18. The molecule has 33 heavy (non-hydrogen) atoms. The number of likely N-dealkylation sites (tertiary alicyclic amines) is 1. The molecule has 2 aromatic carbocycles. The number of nitrogens with zero attached hydrogens (tertiary/aromatic N) is 4. The first-order valence-corrected chi connectivity index (χ1v) is 11.3. The fourth-order valence-electron chi connectivity index (χ4n) is 4.43. The van der Waals surface area contributed by atoms with Crippen molar-refractivity contribution in [2.45, 2.75) is 44.7 Å². The van der Waals surface area contributed by atoms with E-state index in [1.165, 1.54) is 6.07 Å². The number of hydrogen-bond donors (Lipinski definition) is 2. The number of para-hydroxylation sites is 1. The Hall–Kier alpha value is -3.30. The smallest absolute Gasteiger partial charge is 0.319 e. The Morgan fingerprint density at radius 2 is 1.85 bits per heavy atom. The van der Waals surface area contributed by atoms with Crippen molar-refractivity contribution in [2.75, 3.05) is 18.4 Å². The largest absolute Gasteiger partial charge is 0.365 e. The van der Waals surface area contributed by atoms with Crippen LogP contribution in [0.1, 0.15) is 35.9 Å². The summed E-state index contributed by atoms with van der Waals surface area (Å²) < 4.78 is 21.9. The van der Waals surface area contributed by atoms with E-state index in [4.69, 9.17) is 4.74 Å². The van der Waals surface area contributed by atoms with Crippen molar-refractivity contribution >= 4 is 11.7 Å². The van der Waals surface area contributed by atoms with Crippen LogP contribution in [-0.2, 0) is 24.4 Å². The topological polar surface area (TPSA) is 84.3 Å². The molecule has 2 aliphatic rings. The summed E-state index contributed by atoms with van der Waals surface area (Å²) in [5.74, 6) is -0.264. The number of hydrogen-bond acceptors (Lipinski definition) is 5. The zero-order valence-corrected chi connectivity index (χ0v) is 18.3. The number of carbonyl (C=O) groups is 1. The van der Waals surface area contributed by atoms with E-state index >= 15 is 0 Å². The average Bonchev–Trinajstić information content (AvgIpc) is 3.23. The SMILES string of the molecule is O=C(Nc1ccccc1)NC1CCN(Cc2nnn3c2CO[C@@H](c2ccccc2F)C3)CC1. The fourth-order valence-corrected chi connectivity index (χ4v) is 4.43. The van der Waals surface area contributed by atoms with E-state index in [1.54, 1.807) is 12.1 Å². The van der Waals surface area contributed by atoms with E-state index in [0.717, 1.165) is 43.0 Å². The van der Waals surface area contributed by atoms with E-state index in [9.17, 15) is 9.18 Å². The Morgan fingerprint density at radius 1 is 1.09 bits per heavy atom. The molecule has 0 radical (unpaired) electrons. The molecule has 2 N–H and O–H groups in total. The number of fused-ring (bicyclic) bond motifs is 1. The summed E-state index contributed by atoms with van der Waals surface area (Å²) in [4.78, 5) is 14.6. The first kappa shape index (κ1) is 21.5. The molecule has 0 aliphatic carbocycles. The summed E-state index contributed by atoms with van der Waals surface area (Å²) >= 11 is 0. The van der Waals surface area contributed by atoms with Crippen LogP contribution < -0.4 is 10.6 Å². The Kier molecular flexibility index (Phi) is 6.32. The maximum Gasteiger partial charge on any atom is 0.319 e. The van der Waals surface area contributed by atoms with Crippen molar-refractivity contribution in [1.29, 1.82) is 0 Å². The molecule has 2 amide bonds. The lowest BCUT2D eigenvalue weighted by Crippen LogP contribution is -2.45. The van der Waals surface area contributed by atoms with Crippen LogP contribution in [0.4, 0.5) is 14.9 Å². The number of amides is 2. The lowest BCUT2D eigenvalue weighted by molar-refractivity contribution is -0.00413. The van der Waals surface area contributed by atoms with Crippen LogP contribution in [0.2, 0.25) is 0 Å². The van der Waals surface area contributed by atoms with Gasteiger partial charge in [-0.05, 0) is 31.0 Å². The maximum absolute atomic E-state index is 14.1. The van der Waals surface area contributed by atoms with Crippen molar-refractivity contribution < 1.29 is 13.9 Å². The lowest BCUT2D eigenvalue weighted by atomic mass is 10.0.